The van der Waals surface area contributed by atoms with Crippen molar-refractivity contribution >= 4 is 5.91 Å². The minimum atomic E-state index is 0.108. The molecule has 0 aromatic heterocycles. The Labute approximate surface area is 85.5 Å². The Kier molecular flexibility index (Phi) is 4.40. The highest BCUT2D eigenvalue weighted by atomic mass is 16.2. The van der Waals surface area contributed by atoms with Crippen molar-refractivity contribution < 1.29 is 4.79 Å². The summed E-state index contributed by atoms with van der Waals surface area (Å²) in [5.41, 5.74) is 0. The lowest BCUT2D eigenvalue weighted by atomic mass is 10.2. The lowest BCUT2D eigenvalue weighted by Crippen LogP contribution is -2.51. The second kappa shape index (κ2) is 5.60. The van der Waals surface area contributed by atoms with Crippen LogP contribution in [0.3, 0.4) is 0 Å². The van der Waals surface area contributed by atoms with Crippen LogP contribution in [0.2, 0.25) is 0 Å². The van der Waals surface area contributed by atoms with E-state index in [-0.39, 0.29) is 5.91 Å². The predicted octanol–water partition coefficient (Wildman–Crippen LogP) is 0.939. The molecule has 14 heavy (non-hydrogen) atoms. The number of carbonyl (C=O) groups excluding carboxylic acids is 1. The summed E-state index contributed by atoms with van der Waals surface area (Å²) in [4.78, 5) is 13.6. The van der Waals surface area contributed by atoms with Crippen LogP contribution in [0.15, 0.2) is 24.3 Å². The van der Waals surface area contributed by atoms with Gasteiger partial charge >= 0.3 is 0 Å². The van der Waals surface area contributed by atoms with E-state index in [4.69, 9.17) is 0 Å². The SMILES string of the molecule is CC=CC=CC(=O)N1CCNCC1C. The van der Waals surface area contributed by atoms with Crippen molar-refractivity contribution in [3.05, 3.63) is 24.3 Å². The summed E-state index contributed by atoms with van der Waals surface area (Å²) in [6.45, 7) is 6.59. The van der Waals surface area contributed by atoms with Crippen molar-refractivity contribution in [2.24, 2.45) is 0 Å². The van der Waals surface area contributed by atoms with Crippen molar-refractivity contribution in [1.29, 1.82) is 0 Å². The number of carbonyl (C=O) groups is 1. The number of hydrogen-bond donors (Lipinski definition) is 1. The summed E-state index contributed by atoms with van der Waals surface area (Å²) < 4.78 is 0. The van der Waals surface area contributed by atoms with Crippen molar-refractivity contribution in [2.75, 3.05) is 19.6 Å². The molecule has 1 amide bonds. The van der Waals surface area contributed by atoms with Crippen molar-refractivity contribution in [2.45, 2.75) is 19.9 Å². The molecule has 1 N–H and O–H groups in total. The maximum Gasteiger partial charge on any atom is 0.246 e. The zero-order valence-electron chi connectivity index (χ0n) is 8.86. The summed E-state index contributed by atoms with van der Waals surface area (Å²) in [6, 6.07) is 0.298. The molecule has 0 saturated carbocycles. The van der Waals surface area contributed by atoms with Gasteiger partial charge in [-0.2, -0.15) is 0 Å². The topological polar surface area (TPSA) is 32.3 Å². The molecular weight excluding hydrogens is 176 g/mol. The Bertz CT molecular complexity index is 246. The van der Waals surface area contributed by atoms with Gasteiger partial charge in [0, 0.05) is 31.8 Å². The first-order chi connectivity index (χ1) is 6.75. The maximum atomic E-state index is 11.7. The predicted molar refractivity (Wildman–Crippen MR) is 58.0 cm³/mol. The molecule has 0 radical (unpaired) electrons. The highest BCUT2D eigenvalue weighted by Crippen LogP contribution is 2.03. The van der Waals surface area contributed by atoms with E-state index in [9.17, 15) is 4.79 Å². The minimum Gasteiger partial charge on any atom is -0.334 e. The molecule has 1 atom stereocenters. The molecule has 1 heterocycles. The monoisotopic (exact) mass is 194 g/mol. The number of amides is 1. The van der Waals surface area contributed by atoms with Gasteiger partial charge in [0.25, 0.3) is 0 Å². The van der Waals surface area contributed by atoms with Crippen LogP contribution >= 0.6 is 0 Å². The second-order valence-corrected chi connectivity index (χ2v) is 3.47. The van der Waals surface area contributed by atoms with Crippen LogP contribution in [0.5, 0.6) is 0 Å². The first kappa shape index (κ1) is 11.0. The Balaban J connectivity index is 2.50. The fourth-order valence-corrected chi connectivity index (χ4v) is 1.51. The summed E-state index contributed by atoms with van der Waals surface area (Å²) in [7, 11) is 0. The molecular formula is C11H18N2O. The molecule has 1 saturated heterocycles. The number of nitrogens with one attached hydrogen (secondary N) is 1. The molecule has 3 heteroatoms. The third kappa shape index (κ3) is 3.00. The van der Waals surface area contributed by atoms with Crippen molar-refractivity contribution in [3.63, 3.8) is 0 Å². The van der Waals surface area contributed by atoms with Crippen LogP contribution in [-0.4, -0.2) is 36.5 Å². The normalized spacial score (nSPS) is 23.6. The van der Waals surface area contributed by atoms with E-state index in [0.29, 0.717) is 6.04 Å². The largest absolute Gasteiger partial charge is 0.334 e. The van der Waals surface area contributed by atoms with Crippen molar-refractivity contribution in [1.82, 2.24) is 10.2 Å². The highest BCUT2D eigenvalue weighted by Gasteiger charge is 2.20. The van der Waals surface area contributed by atoms with Gasteiger partial charge < -0.3 is 10.2 Å². The molecule has 0 aromatic carbocycles. The molecule has 1 rings (SSSR count). The quantitative estimate of drug-likeness (QED) is 0.524. The molecule has 1 aliphatic rings. The lowest BCUT2D eigenvalue weighted by Gasteiger charge is -2.33. The molecule has 0 aromatic rings. The minimum absolute atomic E-state index is 0.108. The Hall–Kier alpha value is -1.09. The maximum absolute atomic E-state index is 11.7. The third-order valence-corrected chi connectivity index (χ3v) is 2.33. The van der Waals surface area contributed by atoms with E-state index < -0.39 is 0 Å². The number of hydrogen-bond acceptors (Lipinski definition) is 2. The molecule has 0 bridgehead atoms. The molecule has 0 aliphatic carbocycles. The van der Waals surface area contributed by atoms with Gasteiger partial charge in [-0.15, -0.1) is 0 Å². The third-order valence-electron chi connectivity index (χ3n) is 2.33. The highest BCUT2D eigenvalue weighted by molar-refractivity contribution is 5.88. The lowest BCUT2D eigenvalue weighted by molar-refractivity contribution is -0.128. The standard InChI is InChI=1S/C11H18N2O/c1-3-4-5-6-11(14)13-8-7-12-9-10(13)2/h3-6,10,12H,7-9H2,1-2H3. The zero-order valence-corrected chi connectivity index (χ0v) is 8.86. The van der Waals surface area contributed by atoms with Gasteiger partial charge in [-0.1, -0.05) is 18.2 Å². The van der Waals surface area contributed by atoms with Gasteiger partial charge in [0.2, 0.25) is 5.91 Å². The first-order valence-electron chi connectivity index (χ1n) is 5.06. The summed E-state index contributed by atoms with van der Waals surface area (Å²) in [6.07, 6.45) is 7.19. The molecule has 1 aliphatic heterocycles. The van der Waals surface area contributed by atoms with Crippen LogP contribution in [0, 0.1) is 0 Å². The van der Waals surface area contributed by atoms with Crippen LogP contribution in [-0.2, 0) is 4.79 Å². The number of nitrogens with zero attached hydrogens (tertiary/aromatic N) is 1. The Morgan fingerprint density at radius 2 is 2.29 bits per heavy atom. The van der Waals surface area contributed by atoms with E-state index in [1.54, 1.807) is 12.2 Å². The second-order valence-electron chi connectivity index (χ2n) is 3.47. The van der Waals surface area contributed by atoms with Gasteiger partial charge in [0.1, 0.15) is 0 Å². The summed E-state index contributed by atoms with van der Waals surface area (Å²) in [5, 5.41) is 3.25. The average molecular weight is 194 g/mol. The molecule has 1 unspecified atom stereocenters. The van der Waals surface area contributed by atoms with E-state index in [1.807, 2.05) is 24.0 Å². The summed E-state index contributed by atoms with van der Waals surface area (Å²) in [5.74, 6) is 0.108. The van der Waals surface area contributed by atoms with Gasteiger partial charge in [-0.25, -0.2) is 0 Å². The van der Waals surface area contributed by atoms with E-state index in [2.05, 4.69) is 12.2 Å². The molecule has 78 valence electrons. The van der Waals surface area contributed by atoms with E-state index >= 15 is 0 Å². The number of rotatable bonds is 2. The van der Waals surface area contributed by atoms with Gasteiger partial charge in [-0.3, -0.25) is 4.79 Å². The average Bonchev–Trinajstić information content (AvgIpc) is 2.18. The number of allylic oxidation sites excluding steroid dienone is 3. The van der Waals surface area contributed by atoms with Crippen molar-refractivity contribution in [3.8, 4) is 0 Å². The Morgan fingerprint density at radius 3 is 2.93 bits per heavy atom. The smallest absolute Gasteiger partial charge is 0.246 e. The van der Waals surface area contributed by atoms with Crippen LogP contribution in [0.25, 0.3) is 0 Å². The Morgan fingerprint density at radius 1 is 1.50 bits per heavy atom. The van der Waals surface area contributed by atoms with Crippen LogP contribution in [0.4, 0.5) is 0 Å². The molecule has 1 fully saturated rings. The number of piperazine rings is 1. The van der Waals surface area contributed by atoms with E-state index in [1.165, 1.54) is 0 Å². The fraction of sp³-hybridized carbons (Fsp3) is 0.545. The summed E-state index contributed by atoms with van der Waals surface area (Å²) >= 11 is 0. The molecule has 0 spiro atoms. The fourth-order valence-electron chi connectivity index (χ4n) is 1.51. The van der Waals surface area contributed by atoms with Gasteiger partial charge in [-0.05, 0) is 13.8 Å². The molecule has 3 nitrogen and oxygen atoms in total. The van der Waals surface area contributed by atoms with Crippen LogP contribution in [0.1, 0.15) is 13.8 Å². The van der Waals surface area contributed by atoms with Gasteiger partial charge in [0.15, 0.2) is 0 Å². The van der Waals surface area contributed by atoms with Crippen LogP contribution < -0.4 is 5.32 Å². The van der Waals surface area contributed by atoms with E-state index in [0.717, 1.165) is 19.6 Å². The van der Waals surface area contributed by atoms with Gasteiger partial charge in [0.05, 0.1) is 0 Å². The zero-order chi connectivity index (χ0) is 10.4. The first-order valence-corrected chi connectivity index (χ1v) is 5.06.